The number of amides is 1. The van der Waals surface area contributed by atoms with Crippen LogP contribution in [0.25, 0.3) is 20.2 Å². The summed E-state index contributed by atoms with van der Waals surface area (Å²) in [4.78, 5) is 35.9. The van der Waals surface area contributed by atoms with E-state index >= 15 is 0 Å². The molecule has 0 atom stereocenters. The van der Waals surface area contributed by atoms with Gasteiger partial charge in [0.15, 0.2) is 5.43 Å². The van der Waals surface area contributed by atoms with Crippen LogP contribution in [0.1, 0.15) is 10.4 Å². The molecule has 0 fully saturated rings. The van der Waals surface area contributed by atoms with Crippen molar-refractivity contribution in [3.05, 3.63) is 92.6 Å². The van der Waals surface area contributed by atoms with Gasteiger partial charge in [-0.15, -0.1) is 11.3 Å². The molecule has 0 aliphatic carbocycles. The molecule has 0 saturated carbocycles. The Morgan fingerprint density at radius 2 is 1.63 bits per heavy atom. The highest BCUT2D eigenvalue weighted by Crippen LogP contribution is 2.27. The number of hydrogen-bond donors (Lipinski definition) is 1. The Morgan fingerprint density at radius 3 is 2.37 bits per heavy atom. The number of nitro benzene ring substituents is 1. The molecule has 0 spiro atoms. The van der Waals surface area contributed by atoms with Crippen LogP contribution in [0.4, 0.5) is 11.4 Å². The second-order valence-electron chi connectivity index (χ2n) is 5.86. The van der Waals surface area contributed by atoms with Crippen LogP contribution in [0, 0.1) is 10.1 Å². The van der Waals surface area contributed by atoms with Crippen LogP contribution in [-0.2, 0) is 0 Å². The molecule has 4 rings (SSSR count). The highest BCUT2D eigenvalue weighted by molar-refractivity contribution is 7.24. The third-order valence-corrected chi connectivity index (χ3v) is 5.32. The second-order valence-corrected chi connectivity index (χ2v) is 6.95. The van der Waals surface area contributed by atoms with Gasteiger partial charge in [0, 0.05) is 32.6 Å². The number of nitro groups is 1. The summed E-state index contributed by atoms with van der Waals surface area (Å²) in [6.45, 7) is 0. The summed E-state index contributed by atoms with van der Waals surface area (Å²) in [5.74, 6) is -0.436. The van der Waals surface area contributed by atoms with Gasteiger partial charge < -0.3 is 5.32 Å². The fourth-order valence-electron chi connectivity index (χ4n) is 2.90. The van der Waals surface area contributed by atoms with Gasteiger partial charge in [-0.25, -0.2) is 0 Å². The van der Waals surface area contributed by atoms with E-state index in [1.165, 1.54) is 35.6 Å². The quantitative estimate of drug-likeness (QED) is 0.322. The Morgan fingerprint density at radius 1 is 0.926 bits per heavy atom. The summed E-state index contributed by atoms with van der Waals surface area (Å²) in [5, 5.41) is 14.4. The van der Waals surface area contributed by atoms with E-state index < -0.39 is 10.8 Å². The lowest BCUT2D eigenvalue weighted by molar-refractivity contribution is -0.384. The Hall–Kier alpha value is -3.58. The predicted octanol–water partition coefficient (Wildman–Crippen LogP) is 4.58. The summed E-state index contributed by atoms with van der Waals surface area (Å²) in [5.41, 5.74) is 0.444. The van der Waals surface area contributed by atoms with Crippen LogP contribution >= 0.6 is 11.3 Å². The number of hydrogen-bond acceptors (Lipinski definition) is 5. The first-order chi connectivity index (χ1) is 13.0. The highest BCUT2D eigenvalue weighted by Gasteiger charge is 2.15. The molecular weight excluding hydrogens is 364 g/mol. The number of carbonyl (C=O) groups is 1. The Labute approximate surface area is 156 Å². The molecule has 0 saturated heterocycles. The molecule has 1 heterocycles. The molecule has 0 bridgehead atoms. The van der Waals surface area contributed by atoms with Crippen LogP contribution < -0.4 is 10.7 Å². The Balaban J connectivity index is 1.79. The van der Waals surface area contributed by atoms with Crippen LogP contribution in [0.15, 0.2) is 71.5 Å². The molecular formula is C20H12N2O4S. The van der Waals surface area contributed by atoms with E-state index in [1.54, 1.807) is 24.3 Å². The normalized spacial score (nSPS) is 10.8. The van der Waals surface area contributed by atoms with Gasteiger partial charge in [0.25, 0.3) is 11.6 Å². The molecule has 1 N–H and O–H groups in total. The first-order valence-corrected chi connectivity index (χ1v) is 8.86. The molecule has 6 nitrogen and oxygen atoms in total. The number of nitrogens with one attached hydrogen (secondary N) is 1. The van der Waals surface area contributed by atoms with E-state index in [2.05, 4.69) is 5.32 Å². The predicted molar refractivity (Wildman–Crippen MR) is 107 cm³/mol. The van der Waals surface area contributed by atoms with Crippen LogP contribution in [-0.4, -0.2) is 10.8 Å². The maximum Gasteiger partial charge on any atom is 0.269 e. The van der Waals surface area contributed by atoms with E-state index in [0.717, 1.165) is 9.40 Å². The van der Waals surface area contributed by atoms with E-state index in [-0.39, 0.29) is 16.7 Å². The van der Waals surface area contributed by atoms with Crippen LogP contribution in [0.2, 0.25) is 0 Å². The van der Waals surface area contributed by atoms with Crippen molar-refractivity contribution in [1.29, 1.82) is 0 Å². The van der Waals surface area contributed by atoms with Gasteiger partial charge in [0.05, 0.1) is 15.9 Å². The lowest BCUT2D eigenvalue weighted by atomic mass is 10.1. The molecule has 1 amide bonds. The summed E-state index contributed by atoms with van der Waals surface area (Å²) >= 11 is 1.45. The van der Waals surface area contributed by atoms with Crippen molar-refractivity contribution >= 4 is 48.8 Å². The minimum atomic E-state index is -0.507. The standard InChI is InChI=1S/C20H12N2O4S/c23-19-14-4-1-2-6-16(14)27-17-7-3-5-15(18(17)19)20(24)21-12-8-10-13(11-9-12)22(25)26/h1-11H,(H,21,24). The smallest absolute Gasteiger partial charge is 0.269 e. The number of fused-ring (bicyclic) bond motifs is 2. The maximum atomic E-state index is 12.9. The number of non-ortho nitro benzene ring substituents is 1. The van der Waals surface area contributed by atoms with Crippen LogP contribution in [0.5, 0.6) is 0 Å². The average molecular weight is 376 g/mol. The fourth-order valence-corrected chi connectivity index (χ4v) is 4.01. The number of nitrogens with zero attached hydrogens (tertiary/aromatic N) is 1. The molecule has 27 heavy (non-hydrogen) atoms. The number of rotatable bonds is 3. The van der Waals surface area contributed by atoms with E-state index in [9.17, 15) is 19.7 Å². The van der Waals surface area contributed by atoms with Gasteiger partial charge in [-0.3, -0.25) is 19.7 Å². The third-order valence-electron chi connectivity index (χ3n) is 4.19. The topological polar surface area (TPSA) is 89.3 Å². The minimum absolute atomic E-state index is 0.0618. The van der Waals surface area contributed by atoms with E-state index in [1.807, 2.05) is 18.2 Å². The van der Waals surface area contributed by atoms with Crippen molar-refractivity contribution in [3.8, 4) is 0 Å². The zero-order valence-corrected chi connectivity index (χ0v) is 14.7. The minimum Gasteiger partial charge on any atom is -0.322 e. The third kappa shape index (κ3) is 3.04. The molecule has 3 aromatic carbocycles. The lowest BCUT2D eigenvalue weighted by Crippen LogP contribution is -2.15. The first-order valence-electron chi connectivity index (χ1n) is 8.05. The highest BCUT2D eigenvalue weighted by atomic mass is 32.1. The van der Waals surface area contributed by atoms with Crippen molar-refractivity contribution in [3.63, 3.8) is 0 Å². The van der Waals surface area contributed by atoms with Gasteiger partial charge >= 0.3 is 0 Å². The molecule has 0 unspecified atom stereocenters. The van der Waals surface area contributed by atoms with Crippen molar-refractivity contribution in [2.24, 2.45) is 0 Å². The van der Waals surface area contributed by atoms with Gasteiger partial charge in [-0.05, 0) is 36.4 Å². The number of benzene rings is 3. The monoisotopic (exact) mass is 376 g/mol. The zero-order chi connectivity index (χ0) is 19.0. The van der Waals surface area contributed by atoms with Gasteiger partial charge in [0.2, 0.25) is 0 Å². The van der Waals surface area contributed by atoms with Crippen molar-refractivity contribution in [2.75, 3.05) is 5.32 Å². The average Bonchev–Trinajstić information content (AvgIpc) is 2.68. The van der Waals surface area contributed by atoms with Crippen molar-refractivity contribution < 1.29 is 9.72 Å². The summed E-state index contributed by atoms with van der Waals surface area (Å²) in [6.07, 6.45) is 0. The van der Waals surface area contributed by atoms with Gasteiger partial charge in [-0.2, -0.15) is 0 Å². The number of anilines is 1. The summed E-state index contributed by atoms with van der Waals surface area (Å²) < 4.78 is 1.60. The molecule has 7 heteroatoms. The first kappa shape index (κ1) is 16.9. The largest absolute Gasteiger partial charge is 0.322 e. The van der Waals surface area contributed by atoms with Crippen LogP contribution in [0.3, 0.4) is 0 Å². The number of carbonyl (C=O) groups excluding carboxylic acids is 1. The Bertz CT molecular complexity index is 1260. The lowest BCUT2D eigenvalue weighted by Gasteiger charge is -2.08. The Kier molecular flexibility index (Phi) is 4.13. The fraction of sp³-hybridized carbons (Fsp3) is 0. The molecule has 0 aliphatic heterocycles. The zero-order valence-electron chi connectivity index (χ0n) is 13.8. The summed E-state index contributed by atoms with van der Waals surface area (Å²) in [6, 6.07) is 18.0. The van der Waals surface area contributed by atoms with E-state index in [4.69, 9.17) is 0 Å². The molecule has 1 aromatic heterocycles. The molecule has 0 aliphatic rings. The summed E-state index contributed by atoms with van der Waals surface area (Å²) in [7, 11) is 0. The van der Waals surface area contributed by atoms with Crippen molar-refractivity contribution in [1.82, 2.24) is 0 Å². The SMILES string of the molecule is O=C(Nc1ccc([N+](=O)[O-])cc1)c1cccc2sc3ccccc3c(=O)c12. The second kappa shape index (κ2) is 6.62. The molecule has 0 radical (unpaired) electrons. The van der Waals surface area contributed by atoms with Crippen molar-refractivity contribution in [2.45, 2.75) is 0 Å². The molecule has 132 valence electrons. The molecule has 4 aromatic rings. The van der Waals surface area contributed by atoms with Gasteiger partial charge in [0.1, 0.15) is 0 Å². The van der Waals surface area contributed by atoms with E-state index in [0.29, 0.717) is 16.5 Å². The van der Waals surface area contributed by atoms with Gasteiger partial charge in [-0.1, -0.05) is 18.2 Å². The maximum absolute atomic E-state index is 12.9.